The monoisotopic (exact) mass is 272 g/mol. The molecule has 2 aromatic rings. The van der Waals surface area contributed by atoms with Crippen LogP contribution in [0.2, 0.25) is 0 Å². The van der Waals surface area contributed by atoms with Crippen molar-refractivity contribution in [2.45, 2.75) is 52.4 Å². The second-order valence-electron chi connectivity index (χ2n) is 7.25. The van der Waals surface area contributed by atoms with E-state index in [4.69, 9.17) is 9.72 Å². The van der Waals surface area contributed by atoms with E-state index < -0.39 is 0 Å². The summed E-state index contributed by atoms with van der Waals surface area (Å²) in [6.45, 7) is 13.0. The molecule has 0 unspecified atom stereocenters. The van der Waals surface area contributed by atoms with Crippen LogP contribution >= 0.6 is 0 Å². The van der Waals surface area contributed by atoms with E-state index in [-0.39, 0.29) is 10.8 Å². The summed E-state index contributed by atoms with van der Waals surface area (Å²) in [5, 5.41) is 0. The zero-order chi connectivity index (χ0) is 15.1. The lowest BCUT2D eigenvalue weighted by Crippen LogP contribution is -2.18. The highest BCUT2D eigenvalue weighted by Gasteiger charge is 2.25. The number of fused-ring (bicyclic) bond motifs is 1. The molecular formula is C17H24N2O. The van der Waals surface area contributed by atoms with Gasteiger partial charge in [0.05, 0.1) is 18.1 Å². The van der Waals surface area contributed by atoms with Crippen molar-refractivity contribution in [3.05, 3.63) is 29.5 Å². The number of para-hydroxylation sites is 1. The smallest absolute Gasteiger partial charge is 0.236 e. The first-order chi connectivity index (χ1) is 9.14. The largest absolute Gasteiger partial charge is 0.480 e. The molecule has 0 aliphatic rings. The van der Waals surface area contributed by atoms with Gasteiger partial charge in [-0.25, -0.2) is 9.97 Å². The van der Waals surface area contributed by atoms with E-state index in [0.717, 1.165) is 16.7 Å². The molecule has 0 radical (unpaired) electrons. The van der Waals surface area contributed by atoms with E-state index in [9.17, 15) is 0 Å². The Morgan fingerprint density at radius 2 is 1.55 bits per heavy atom. The summed E-state index contributed by atoms with van der Waals surface area (Å²) >= 11 is 0. The molecule has 0 spiro atoms. The Labute approximate surface area is 121 Å². The first-order valence-corrected chi connectivity index (χ1v) is 7.00. The average molecular weight is 272 g/mol. The molecular weight excluding hydrogens is 248 g/mol. The van der Waals surface area contributed by atoms with Gasteiger partial charge >= 0.3 is 0 Å². The van der Waals surface area contributed by atoms with Gasteiger partial charge in [0.15, 0.2) is 0 Å². The number of methoxy groups -OCH3 is 1. The minimum atomic E-state index is -0.0997. The Balaban J connectivity index is 2.83. The van der Waals surface area contributed by atoms with Gasteiger partial charge in [0.25, 0.3) is 0 Å². The van der Waals surface area contributed by atoms with E-state index in [1.165, 1.54) is 5.56 Å². The van der Waals surface area contributed by atoms with Crippen LogP contribution in [0.15, 0.2) is 18.2 Å². The molecule has 0 bridgehead atoms. The first kappa shape index (κ1) is 14.8. The molecule has 0 amide bonds. The molecule has 0 saturated carbocycles. The van der Waals surface area contributed by atoms with Crippen molar-refractivity contribution < 1.29 is 4.74 Å². The molecule has 0 fully saturated rings. The predicted octanol–water partition coefficient (Wildman–Crippen LogP) is 4.23. The van der Waals surface area contributed by atoms with Crippen molar-refractivity contribution in [3.8, 4) is 5.88 Å². The highest BCUT2D eigenvalue weighted by molar-refractivity contribution is 5.80. The SMILES string of the molecule is COc1nc2cccc(C(C)(C)C)c2nc1C(C)(C)C. The third kappa shape index (κ3) is 2.62. The molecule has 3 heteroatoms. The Kier molecular flexibility index (Phi) is 3.49. The molecule has 0 aliphatic carbocycles. The number of hydrogen-bond acceptors (Lipinski definition) is 3. The lowest BCUT2D eigenvalue weighted by Gasteiger charge is -2.24. The molecule has 0 atom stereocenters. The fourth-order valence-electron chi connectivity index (χ4n) is 2.30. The van der Waals surface area contributed by atoms with Crippen LogP contribution in [0.1, 0.15) is 52.8 Å². The van der Waals surface area contributed by atoms with Crippen LogP contribution in [-0.4, -0.2) is 17.1 Å². The summed E-state index contributed by atoms with van der Waals surface area (Å²) in [6.07, 6.45) is 0. The molecule has 108 valence electrons. The third-order valence-corrected chi connectivity index (χ3v) is 3.37. The van der Waals surface area contributed by atoms with Crippen LogP contribution in [0, 0.1) is 0 Å². The number of benzene rings is 1. The minimum Gasteiger partial charge on any atom is -0.480 e. The van der Waals surface area contributed by atoms with Crippen molar-refractivity contribution in [2.24, 2.45) is 0 Å². The van der Waals surface area contributed by atoms with E-state index in [0.29, 0.717) is 5.88 Å². The molecule has 1 heterocycles. The summed E-state index contributed by atoms with van der Waals surface area (Å²) in [4.78, 5) is 9.55. The van der Waals surface area contributed by atoms with Crippen LogP contribution in [0.25, 0.3) is 11.0 Å². The lowest BCUT2D eigenvalue weighted by molar-refractivity contribution is 0.377. The number of hydrogen-bond donors (Lipinski definition) is 0. The van der Waals surface area contributed by atoms with Crippen LogP contribution in [0.4, 0.5) is 0 Å². The van der Waals surface area contributed by atoms with Gasteiger partial charge in [-0.2, -0.15) is 0 Å². The average Bonchev–Trinajstić information content (AvgIpc) is 2.34. The lowest BCUT2D eigenvalue weighted by atomic mass is 9.85. The molecule has 0 aliphatic heterocycles. The minimum absolute atomic E-state index is 0.0396. The number of aromatic nitrogens is 2. The molecule has 20 heavy (non-hydrogen) atoms. The maximum Gasteiger partial charge on any atom is 0.236 e. The van der Waals surface area contributed by atoms with Gasteiger partial charge in [-0.1, -0.05) is 53.7 Å². The number of ether oxygens (including phenoxy) is 1. The van der Waals surface area contributed by atoms with Gasteiger partial charge in [0.2, 0.25) is 5.88 Å². The van der Waals surface area contributed by atoms with E-state index in [2.05, 4.69) is 52.6 Å². The van der Waals surface area contributed by atoms with Crippen LogP contribution < -0.4 is 4.74 Å². The van der Waals surface area contributed by atoms with Gasteiger partial charge in [0.1, 0.15) is 5.69 Å². The first-order valence-electron chi connectivity index (χ1n) is 7.00. The Hall–Kier alpha value is -1.64. The zero-order valence-electron chi connectivity index (χ0n) is 13.5. The van der Waals surface area contributed by atoms with E-state index >= 15 is 0 Å². The van der Waals surface area contributed by atoms with Crippen LogP contribution in [0.3, 0.4) is 0 Å². The Morgan fingerprint density at radius 1 is 0.900 bits per heavy atom. The van der Waals surface area contributed by atoms with Crippen molar-refractivity contribution in [1.29, 1.82) is 0 Å². The molecule has 1 aromatic heterocycles. The second-order valence-corrected chi connectivity index (χ2v) is 7.25. The zero-order valence-corrected chi connectivity index (χ0v) is 13.5. The predicted molar refractivity (Wildman–Crippen MR) is 83.5 cm³/mol. The molecule has 2 rings (SSSR count). The van der Waals surface area contributed by atoms with Gasteiger partial charge in [-0.3, -0.25) is 0 Å². The maximum atomic E-state index is 5.43. The molecule has 1 aromatic carbocycles. The standard InChI is InChI=1S/C17H24N2O/c1-16(2,3)11-9-8-10-12-13(11)19-14(17(4,5)6)15(18-12)20-7/h8-10H,1-7H3. The molecule has 0 saturated heterocycles. The van der Waals surface area contributed by atoms with Crippen LogP contribution in [-0.2, 0) is 10.8 Å². The quantitative estimate of drug-likeness (QED) is 0.779. The summed E-state index contributed by atoms with van der Waals surface area (Å²) in [5.74, 6) is 0.621. The highest BCUT2D eigenvalue weighted by Crippen LogP contribution is 2.33. The molecule has 0 N–H and O–H groups in total. The Bertz CT molecular complexity index is 634. The Morgan fingerprint density at radius 3 is 2.05 bits per heavy atom. The van der Waals surface area contributed by atoms with Crippen molar-refractivity contribution in [3.63, 3.8) is 0 Å². The maximum absolute atomic E-state index is 5.43. The van der Waals surface area contributed by atoms with Gasteiger partial charge in [0, 0.05) is 5.41 Å². The third-order valence-electron chi connectivity index (χ3n) is 3.37. The summed E-state index contributed by atoms with van der Waals surface area (Å²) < 4.78 is 5.43. The number of rotatable bonds is 1. The van der Waals surface area contributed by atoms with E-state index in [1.807, 2.05) is 12.1 Å². The van der Waals surface area contributed by atoms with Crippen LogP contribution in [0.5, 0.6) is 5.88 Å². The number of nitrogens with zero attached hydrogens (tertiary/aromatic N) is 2. The van der Waals surface area contributed by atoms with Gasteiger partial charge in [-0.05, 0) is 17.0 Å². The van der Waals surface area contributed by atoms with Crippen molar-refractivity contribution in [1.82, 2.24) is 9.97 Å². The molecule has 3 nitrogen and oxygen atoms in total. The topological polar surface area (TPSA) is 35.0 Å². The second kappa shape index (κ2) is 4.72. The van der Waals surface area contributed by atoms with Gasteiger partial charge in [-0.15, -0.1) is 0 Å². The fraction of sp³-hybridized carbons (Fsp3) is 0.529. The fourth-order valence-corrected chi connectivity index (χ4v) is 2.30. The summed E-state index contributed by atoms with van der Waals surface area (Å²) in [5.41, 5.74) is 3.93. The summed E-state index contributed by atoms with van der Waals surface area (Å²) in [6, 6.07) is 6.16. The summed E-state index contributed by atoms with van der Waals surface area (Å²) in [7, 11) is 1.65. The van der Waals surface area contributed by atoms with Crippen molar-refractivity contribution >= 4 is 11.0 Å². The van der Waals surface area contributed by atoms with Gasteiger partial charge < -0.3 is 4.74 Å². The normalized spacial score (nSPS) is 12.8. The van der Waals surface area contributed by atoms with Crippen molar-refractivity contribution in [2.75, 3.05) is 7.11 Å². The van der Waals surface area contributed by atoms with E-state index in [1.54, 1.807) is 7.11 Å². The highest BCUT2D eigenvalue weighted by atomic mass is 16.5.